The van der Waals surface area contributed by atoms with E-state index in [1.165, 1.54) is 46.4 Å². The predicted octanol–water partition coefficient (Wildman–Crippen LogP) is 3.58. The van der Waals surface area contributed by atoms with Crippen LogP contribution in [-0.2, 0) is 17.8 Å². The number of nitriles is 1. The molecule has 0 atom stereocenters. The largest absolute Gasteiger partial charge is 0.493 e. The Bertz CT molecular complexity index is 1610. The van der Waals surface area contributed by atoms with E-state index in [9.17, 15) is 14.9 Å². The fraction of sp³-hybridized carbons (Fsp3) is 0.292. The molecule has 1 N–H and O–H groups in total. The number of fused-ring (bicyclic) bond motifs is 1. The summed E-state index contributed by atoms with van der Waals surface area (Å²) < 4.78 is 12.6. The third-order valence-corrected chi connectivity index (χ3v) is 7.52. The number of amides is 1. The van der Waals surface area contributed by atoms with Crippen molar-refractivity contribution in [2.75, 3.05) is 12.4 Å². The van der Waals surface area contributed by atoms with Crippen molar-refractivity contribution in [1.82, 2.24) is 24.8 Å². The maximum atomic E-state index is 12.6. The SMILES string of the molecule is CCc1nn2c(=O)cc(COc3ccc(/C=C(/C#N)C(=O)Nc4nnc(C5CC5)s4)cc3OC)nc2s1. The Morgan fingerprint density at radius 3 is 2.84 bits per heavy atom. The van der Waals surface area contributed by atoms with E-state index in [1.807, 2.05) is 13.0 Å². The van der Waals surface area contributed by atoms with E-state index in [4.69, 9.17) is 9.47 Å². The van der Waals surface area contributed by atoms with Crippen molar-refractivity contribution in [3.63, 3.8) is 0 Å². The summed E-state index contributed by atoms with van der Waals surface area (Å²) in [5, 5.41) is 26.6. The Morgan fingerprint density at radius 1 is 1.27 bits per heavy atom. The molecule has 37 heavy (non-hydrogen) atoms. The van der Waals surface area contributed by atoms with Crippen LogP contribution in [0.3, 0.4) is 0 Å². The van der Waals surface area contributed by atoms with Crippen LogP contribution < -0.4 is 20.3 Å². The summed E-state index contributed by atoms with van der Waals surface area (Å²) in [6.07, 6.45) is 4.35. The maximum absolute atomic E-state index is 12.6. The lowest BCUT2D eigenvalue weighted by Crippen LogP contribution is -2.16. The molecule has 1 aliphatic carbocycles. The molecule has 13 heteroatoms. The molecule has 0 spiro atoms. The average Bonchev–Trinajstić information content (AvgIpc) is 3.50. The van der Waals surface area contributed by atoms with E-state index in [-0.39, 0.29) is 17.7 Å². The molecule has 3 aromatic heterocycles. The molecular weight excluding hydrogens is 514 g/mol. The number of rotatable bonds is 9. The number of hydrogen-bond donors (Lipinski definition) is 1. The highest BCUT2D eigenvalue weighted by Crippen LogP contribution is 2.42. The highest BCUT2D eigenvalue weighted by molar-refractivity contribution is 7.16. The third kappa shape index (κ3) is 5.50. The van der Waals surface area contributed by atoms with Crippen molar-refractivity contribution >= 4 is 44.7 Å². The maximum Gasteiger partial charge on any atom is 0.275 e. The molecule has 3 heterocycles. The van der Waals surface area contributed by atoms with Crippen molar-refractivity contribution in [2.45, 2.75) is 38.7 Å². The molecule has 0 unspecified atom stereocenters. The standard InChI is InChI=1S/C24H21N7O4S2/c1-3-19-30-31-20(32)10-16(26-24(31)36-19)12-35-17-7-4-13(9-18(17)34-2)8-15(11-25)21(33)27-23-29-28-22(37-23)14-5-6-14/h4,7-10,14H,3,5-6,12H2,1-2H3,(H,27,29,33)/b15-8-. The summed E-state index contributed by atoms with van der Waals surface area (Å²) in [6.45, 7) is 2.01. The summed E-state index contributed by atoms with van der Waals surface area (Å²) >= 11 is 2.69. The van der Waals surface area contributed by atoms with Gasteiger partial charge in [-0.15, -0.1) is 10.2 Å². The molecule has 1 saturated carbocycles. The number of nitrogens with one attached hydrogen (secondary N) is 1. The normalized spacial score (nSPS) is 13.4. The van der Waals surface area contributed by atoms with Crippen LogP contribution in [0.1, 0.15) is 47.0 Å². The summed E-state index contributed by atoms with van der Waals surface area (Å²) in [5.41, 5.74) is 0.674. The minimum absolute atomic E-state index is 0.0488. The van der Waals surface area contributed by atoms with E-state index in [0.29, 0.717) is 38.8 Å². The first-order chi connectivity index (χ1) is 18.0. The van der Waals surface area contributed by atoms with Crippen molar-refractivity contribution in [3.8, 4) is 17.6 Å². The van der Waals surface area contributed by atoms with Crippen molar-refractivity contribution in [2.24, 2.45) is 0 Å². The Kier molecular flexibility index (Phi) is 6.93. The number of anilines is 1. The first-order valence-corrected chi connectivity index (χ1v) is 13.1. The van der Waals surface area contributed by atoms with Crippen LogP contribution in [0, 0.1) is 11.3 Å². The number of nitrogens with zero attached hydrogens (tertiary/aromatic N) is 6. The number of carbonyl (C=O) groups is 1. The highest BCUT2D eigenvalue weighted by Gasteiger charge is 2.28. The lowest BCUT2D eigenvalue weighted by Gasteiger charge is -2.11. The minimum Gasteiger partial charge on any atom is -0.493 e. The summed E-state index contributed by atoms with van der Waals surface area (Å²) in [6, 6.07) is 8.33. The number of benzene rings is 1. The van der Waals surface area contributed by atoms with Gasteiger partial charge in [-0.3, -0.25) is 14.9 Å². The van der Waals surface area contributed by atoms with E-state index >= 15 is 0 Å². The fourth-order valence-electron chi connectivity index (χ4n) is 3.42. The van der Waals surface area contributed by atoms with Gasteiger partial charge in [-0.1, -0.05) is 35.7 Å². The molecule has 0 aliphatic heterocycles. The molecule has 0 bridgehead atoms. The molecule has 1 aromatic carbocycles. The minimum atomic E-state index is -0.567. The highest BCUT2D eigenvalue weighted by atomic mass is 32.1. The number of ether oxygens (including phenoxy) is 2. The van der Waals surface area contributed by atoms with Gasteiger partial charge in [0, 0.05) is 12.0 Å². The molecule has 1 amide bonds. The number of aromatic nitrogens is 5. The van der Waals surface area contributed by atoms with Crippen molar-refractivity contribution < 1.29 is 14.3 Å². The molecule has 5 rings (SSSR count). The summed E-state index contributed by atoms with van der Waals surface area (Å²) in [4.78, 5) is 29.9. The lowest BCUT2D eigenvalue weighted by atomic mass is 10.1. The Hall–Kier alpha value is -4.15. The van der Waals surface area contributed by atoms with Gasteiger partial charge in [-0.25, -0.2) is 4.98 Å². The molecule has 188 valence electrons. The smallest absolute Gasteiger partial charge is 0.275 e. The van der Waals surface area contributed by atoms with E-state index < -0.39 is 5.91 Å². The first kappa shape index (κ1) is 24.5. The van der Waals surface area contributed by atoms with Gasteiger partial charge in [0.1, 0.15) is 28.3 Å². The van der Waals surface area contributed by atoms with E-state index in [1.54, 1.807) is 18.2 Å². The number of carbonyl (C=O) groups excluding carboxylic acids is 1. The number of methoxy groups -OCH3 is 1. The zero-order valence-electron chi connectivity index (χ0n) is 19.9. The number of hydrogen-bond acceptors (Lipinski definition) is 11. The Morgan fingerprint density at radius 2 is 2.11 bits per heavy atom. The second kappa shape index (κ2) is 10.5. The van der Waals surface area contributed by atoms with Gasteiger partial charge in [-0.05, 0) is 43.0 Å². The van der Waals surface area contributed by atoms with Gasteiger partial charge < -0.3 is 9.47 Å². The van der Waals surface area contributed by atoms with Crippen molar-refractivity contribution in [3.05, 3.63) is 61.5 Å². The van der Waals surface area contributed by atoms with Crippen LogP contribution in [0.25, 0.3) is 11.0 Å². The van der Waals surface area contributed by atoms with Crippen LogP contribution >= 0.6 is 22.7 Å². The van der Waals surface area contributed by atoms with Gasteiger partial charge in [0.25, 0.3) is 11.5 Å². The molecule has 0 radical (unpaired) electrons. The van der Waals surface area contributed by atoms with Crippen LogP contribution in [0.15, 0.2) is 34.6 Å². The molecule has 4 aromatic rings. The average molecular weight is 536 g/mol. The Balaban J connectivity index is 1.29. The van der Waals surface area contributed by atoms with E-state index in [0.717, 1.165) is 29.3 Å². The first-order valence-electron chi connectivity index (χ1n) is 11.4. The molecule has 11 nitrogen and oxygen atoms in total. The zero-order chi connectivity index (χ0) is 25.9. The van der Waals surface area contributed by atoms with Crippen LogP contribution in [0.5, 0.6) is 11.5 Å². The molecule has 0 saturated heterocycles. The number of aryl methyl sites for hydroxylation is 1. The molecule has 1 fully saturated rings. The predicted molar refractivity (Wildman–Crippen MR) is 138 cm³/mol. The van der Waals surface area contributed by atoms with Gasteiger partial charge in [-0.2, -0.15) is 14.9 Å². The van der Waals surface area contributed by atoms with E-state index in [2.05, 4.69) is 25.6 Å². The second-order valence-electron chi connectivity index (χ2n) is 8.17. The van der Waals surface area contributed by atoms with Crippen LogP contribution in [-0.4, -0.2) is 37.8 Å². The quantitative estimate of drug-likeness (QED) is 0.251. The zero-order valence-corrected chi connectivity index (χ0v) is 21.6. The second-order valence-corrected chi connectivity index (χ2v) is 10.2. The molecule has 1 aliphatic rings. The van der Waals surface area contributed by atoms with Gasteiger partial charge >= 0.3 is 0 Å². The van der Waals surface area contributed by atoms with Crippen LogP contribution in [0.4, 0.5) is 5.13 Å². The topological polar surface area (TPSA) is 144 Å². The Labute approximate surface area is 219 Å². The van der Waals surface area contributed by atoms with Gasteiger partial charge in [0.2, 0.25) is 10.1 Å². The van der Waals surface area contributed by atoms with Gasteiger partial charge in [0.05, 0.1) is 12.8 Å². The van der Waals surface area contributed by atoms with Gasteiger partial charge in [0.15, 0.2) is 11.5 Å². The lowest BCUT2D eigenvalue weighted by molar-refractivity contribution is -0.112. The third-order valence-electron chi connectivity index (χ3n) is 5.47. The van der Waals surface area contributed by atoms with Crippen molar-refractivity contribution in [1.29, 1.82) is 5.26 Å². The van der Waals surface area contributed by atoms with Crippen LogP contribution in [0.2, 0.25) is 0 Å². The fourth-order valence-corrected chi connectivity index (χ4v) is 5.18. The monoisotopic (exact) mass is 535 g/mol. The molecular formula is C24H21N7O4S2. The summed E-state index contributed by atoms with van der Waals surface area (Å²) in [5.74, 6) is 0.685. The summed E-state index contributed by atoms with van der Waals surface area (Å²) in [7, 11) is 1.49.